The summed E-state index contributed by atoms with van der Waals surface area (Å²) < 4.78 is 48.1. The monoisotopic (exact) mass is 266 g/mol. The predicted molar refractivity (Wildman–Crippen MR) is 66.6 cm³/mol. The third-order valence-electron chi connectivity index (χ3n) is 2.97. The Morgan fingerprint density at radius 2 is 1.16 bits per heavy atom. The van der Waals surface area contributed by atoms with Gasteiger partial charge in [-0.15, -0.1) is 0 Å². The molecule has 19 heavy (non-hydrogen) atoms. The van der Waals surface area contributed by atoms with Crippen molar-refractivity contribution in [3.63, 3.8) is 0 Å². The van der Waals surface area contributed by atoms with Crippen LogP contribution < -0.4 is 0 Å². The van der Waals surface area contributed by atoms with Crippen LogP contribution in [0.5, 0.6) is 0 Å². The van der Waals surface area contributed by atoms with Crippen molar-refractivity contribution in [1.82, 2.24) is 0 Å². The van der Waals surface area contributed by atoms with Crippen LogP contribution in [-0.4, -0.2) is 7.11 Å². The molecule has 0 fully saturated rings. The van der Waals surface area contributed by atoms with E-state index in [1.54, 1.807) is 12.1 Å². The molecule has 100 valence electrons. The Kier molecular flexibility index (Phi) is 3.62. The molecule has 0 radical (unpaired) electrons. The minimum Gasteiger partial charge on any atom is -0.341 e. The fraction of sp³-hybridized carbons (Fsp3) is 0.200. The number of rotatable bonds is 4. The Hall–Kier alpha value is -1.81. The normalized spacial score (nSPS) is 14.9. The summed E-state index contributed by atoms with van der Waals surface area (Å²) in [6.45, 7) is 0. The van der Waals surface area contributed by atoms with Crippen molar-refractivity contribution in [2.24, 2.45) is 0 Å². The molecule has 0 aliphatic rings. The molecule has 0 saturated carbocycles. The van der Waals surface area contributed by atoms with E-state index >= 15 is 0 Å². The van der Waals surface area contributed by atoms with Gasteiger partial charge in [0.15, 0.2) is 0 Å². The number of methoxy groups -OCH3 is 1. The first-order valence-electron chi connectivity index (χ1n) is 5.75. The molecular weight excluding hydrogens is 253 g/mol. The molecule has 0 aromatic heterocycles. The summed E-state index contributed by atoms with van der Waals surface area (Å²) >= 11 is 0. The SMILES string of the molecule is COC(F)(c1ccccc1)C(F)(F)c1ccccc1. The zero-order valence-corrected chi connectivity index (χ0v) is 10.3. The maximum Gasteiger partial charge on any atom is 0.335 e. The van der Waals surface area contributed by atoms with Crippen molar-refractivity contribution < 1.29 is 17.9 Å². The number of benzene rings is 2. The zero-order chi connectivity index (χ0) is 13.9. The van der Waals surface area contributed by atoms with Crippen LogP contribution in [0.4, 0.5) is 13.2 Å². The molecule has 1 atom stereocenters. The van der Waals surface area contributed by atoms with Gasteiger partial charge < -0.3 is 4.74 Å². The molecule has 0 aliphatic carbocycles. The second-order valence-corrected chi connectivity index (χ2v) is 4.11. The Labute approximate surface area is 109 Å². The maximum absolute atomic E-state index is 14.7. The minimum atomic E-state index is -3.79. The molecule has 0 aliphatic heterocycles. The minimum absolute atomic E-state index is 0.216. The number of hydrogen-bond donors (Lipinski definition) is 0. The van der Waals surface area contributed by atoms with E-state index in [4.69, 9.17) is 0 Å². The van der Waals surface area contributed by atoms with E-state index < -0.39 is 17.3 Å². The van der Waals surface area contributed by atoms with E-state index in [-0.39, 0.29) is 5.56 Å². The van der Waals surface area contributed by atoms with Gasteiger partial charge in [0.1, 0.15) is 0 Å². The molecule has 2 aromatic rings. The van der Waals surface area contributed by atoms with Gasteiger partial charge in [-0.1, -0.05) is 60.7 Å². The van der Waals surface area contributed by atoms with Crippen LogP contribution in [0.3, 0.4) is 0 Å². The van der Waals surface area contributed by atoms with Crippen molar-refractivity contribution in [1.29, 1.82) is 0 Å². The lowest BCUT2D eigenvalue weighted by molar-refractivity contribution is -0.283. The van der Waals surface area contributed by atoms with E-state index in [0.29, 0.717) is 0 Å². The van der Waals surface area contributed by atoms with Crippen LogP contribution in [0.25, 0.3) is 0 Å². The summed E-state index contributed by atoms with van der Waals surface area (Å²) in [6.07, 6.45) is 0. The van der Waals surface area contributed by atoms with Gasteiger partial charge in [-0.25, -0.2) is 0 Å². The second kappa shape index (κ2) is 5.05. The van der Waals surface area contributed by atoms with Crippen LogP contribution >= 0.6 is 0 Å². The third kappa shape index (κ3) is 2.24. The van der Waals surface area contributed by atoms with Crippen LogP contribution in [-0.2, 0) is 16.5 Å². The van der Waals surface area contributed by atoms with E-state index in [1.807, 2.05) is 0 Å². The van der Waals surface area contributed by atoms with Crippen molar-refractivity contribution in [3.8, 4) is 0 Å². The smallest absolute Gasteiger partial charge is 0.335 e. The standard InChI is InChI=1S/C15H13F3O/c1-19-15(18,13-10-6-3-7-11-13)14(16,17)12-8-4-2-5-9-12/h2-11H,1H3. The fourth-order valence-electron chi connectivity index (χ4n) is 1.91. The molecule has 4 heteroatoms. The molecule has 0 N–H and O–H groups in total. The van der Waals surface area contributed by atoms with Gasteiger partial charge in [0.25, 0.3) is 0 Å². The van der Waals surface area contributed by atoms with Gasteiger partial charge in [-0.05, 0) is 0 Å². The quantitative estimate of drug-likeness (QED) is 0.804. The summed E-state index contributed by atoms with van der Waals surface area (Å²) in [5, 5.41) is 0. The van der Waals surface area contributed by atoms with E-state index in [1.165, 1.54) is 48.5 Å². The summed E-state index contributed by atoms with van der Waals surface area (Å²) in [5.74, 6) is -6.99. The molecule has 0 amide bonds. The van der Waals surface area contributed by atoms with Gasteiger partial charge in [0, 0.05) is 18.2 Å². The highest BCUT2D eigenvalue weighted by atomic mass is 19.3. The lowest BCUT2D eigenvalue weighted by Gasteiger charge is -2.32. The van der Waals surface area contributed by atoms with Crippen molar-refractivity contribution in [2.45, 2.75) is 11.8 Å². The van der Waals surface area contributed by atoms with Crippen LogP contribution in [0.2, 0.25) is 0 Å². The Balaban J connectivity index is 2.52. The molecule has 0 bridgehead atoms. The van der Waals surface area contributed by atoms with Crippen molar-refractivity contribution in [3.05, 3.63) is 71.8 Å². The lowest BCUT2D eigenvalue weighted by Crippen LogP contribution is -2.41. The number of ether oxygens (including phenoxy) is 1. The Morgan fingerprint density at radius 1 is 0.737 bits per heavy atom. The molecule has 1 unspecified atom stereocenters. The Morgan fingerprint density at radius 3 is 1.58 bits per heavy atom. The highest BCUT2D eigenvalue weighted by Gasteiger charge is 2.58. The van der Waals surface area contributed by atoms with Crippen LogP contribution in [0, 0.1) is 0 Å². The largest absolute Gasteiger partial charge is 0.341 e. The predicted octanol–water partition coefficient (Wildman–Crippen LogP) is 4.25. The zero-order valence-electron chi connectivity index (χ0n) is 10.3. The molecule has 1 nitrogen and oxygen atoms in total. The first-order valence-corrected chi connectivity index (χ1v) is 5.75. The van der Waals surface area contributed by atoms with Crippen molar-refractivity contribution in [2.75, 3.05) is 7.11 Å². The van der Waals surface area contributed by atoms with E-state index in [9.17, 15) is 13.2 Å². The van der Waals surface area contributed by atoms with Crippen LogP contribution in [0.15, 0.2) is 60.7 Å². The molecule has 2 rings (SSSR count). The molecule has 0 saturated heterocycles. The number of alkyl halides is 3. The van der Waals surface area contributed by atoms with Gasteiger partial charge in [0.2, 0.25) is 0 Å². The topological polar surface area (TPSA) is 9.23 Å². The molecule has 2 aromatic carbocycles. The van der Waals surface area contributed by atoms with Gasteiger partial charge in [-0.2, -0.15) is 13.2 Å². The van der Waals surface area contributed by atoms with Crippen LogP contribution in [0.1, 0.15) is 11.1 Å². The second-order valence-electron chi connectivity index (χ2n) is 4.11. The summed E-state index contributed by atoms with van der Waals surface area (Å²) in [5.41, 5.74) is -0.644. The van der Waals surface area contributed by atoms with Gasteiger partial charge in [0.05, 0.1) is 0 Å². The fourth-order valence-corrected chi connectivity index (χ4v) is 1.91. The number of halogens is 3. The third-order valence-corrected chi connectivity index (χ3v) is 2.97. The summed E-state index contributed by atoms with van der Waals surface area (Å²) in [6, 6.07) is 14.0. The van der Waals surface area contributed by atoms with Gasteiger partial charge >= 0.3 is 11.8 Å². The summed E-state index contributed by atoms with van der Waals surface area (Å²) in [4.78, 5) is 0. The first kappa shape index (κ1) is 13.6. The molecule has 0 spiro atoms. The highest BCUT2D eigenvalue weighted by Crippen LogP contribution is 2.48. The van der Waals surface area contributed by atoms with Crippen molar-refractivity contribution >= 4 is 0 Å². The molecule has 0 heterocycles. The van der Waals surface area contributed by atoms with E-state index in [0.717, 1.165) is 7.11 Å². The first-order chi connectivity index (χ1) is 9.02. The highest BCUT2D eigenvalue weighted by molar-refractivity contribution is 5.30. The van der Waals surface area contributed by atoms with Gasteiger partial charge in [-0.3, -0.25) is 0 Å². The van der Waals surface area contributed by atoms with E-state index in [2.05, 4.69) is 4.74 Å². The number of hydrogen-bond acceptors (Lipinski definition) is 1. The lowest BCUT2D eigenvalue weighted by atomic mass is 9.95. The average molecular weight is 266 g/mol. The summed E-state index contributed by atoms with van der Waals surface area (Å²) in [7, 11) is 0.934. The molecular formula is C15H13F3O. The maximum atomic E-state index is 14.7. The average Bonchev–Trinajstić information content (AvgIpc) is 2.48. The Bertz CT molecular complexity index is 528.